The molecule has 3 amide bonds. The number of rotatable bonds is 12. The lowest BCUT2D eigenvalue weighted by atomic mass is 9.94. The van der Waals surface area contributed by atoms with Crippen LogP contribution in [-0.2, 0) is 14.3 Å². The minimum absolute atomic E-state index is 0.136. The fourth-order valence-corrected chi connectivity index (χ4v) is 4.78. The summed E-state index contributed by atoms with van der Waals surface area (Å²) in [6.07, 6.45) is 9.89. The second kappa shape index (κ2) is 15.0. The molecular formula is C30H49N3O4. The SMILES string of the molecule is CCCCCCCN(C(=O)CNC(=O)OC(C)(C)C)C(C(=O)NC1CCCCC1)c1ccc(C)c(C)c1. The Bertz CT molecular complexity index is 887. The number of unbranched alkanes of at least 4 members (excludes halogenated alkanes) is 4. The number of nitrogens with zero attached hydrogens (tertiary/aromatic N) is 1. The zero-order chi connectivity index (χ0) is 27.4. The molecule has 1 aliphatic carbocycles. The fraction of sp³-hybridized carbons (Fsp3) is 0.700. The highest BCUT2D eigenvalue weighted by Gasteiger charge is 2.33. The lowest BCUT2D eigenvalue weighted by Crippen LogP contribution is -2.50. The average Bonchev–Trinajstić information content (AvgIpc) is 2.83. The van der Waals surface area contributed by atoms with Gasteiger partial charge in [0.1, 0.15) is 18.2 Å². The van der Waals surface area contributed by atoms with E-state index in [4.69, 9.17) is 4.74 Å². The Morgan fingerprint density at radius 1 is 1.00 bits per heavy atom. The number of nitrogens with one attached hydrogen (secondary N) is 2. The number of aryl methyl sites for hydroxylation is 2. The van der Waals surface area contributed by atoms with Crippen LogP contribution in [0.4, 0.5) is 4.79 Å². The highest BCUT2D eigenvalue weighted by Crippen LogP contribution is 2.26. The molecule has 7 nitrogen and oxygen atoms in total. The largest absolute Gasteiger partial charge is 0.444 e. The number of amides is 3. The average molecular weight is 516 g/mol. The Labute approximate surface area is 224 Å². The monoisotopic (exact) mass is 515 g/mol. The third-order valence-corrected chi connectivity index (χ3v) is 6.96. The first-order chi connectivity index (χ1) is 17.5. The van der Waals surface area contributed by atoms with Gasteiger partial charge in [0, 0.05) is 12.6 Å². The molecule has 37 heavy (non-hydrogen) atoms. The number of hydrogen-bond donors (Lipinski definition) is 2. The summed E-state index contributed by atoms with van der Waals surface area (Å²) in [6.45, 7) is 11.8. The second-order valence-corrected chi connectivity index (χ2v) is 11.4. The van der Waals surface area contributed by atoms with Gasteiger partial charge >= 0.3 is 6.09 Å². The van der Waals surface area contributed by atoms with Crippen LogP contribution < -0.4 is 10.6 Å². The Hall–Kier alpha value is -2.57. The van der Waals surface area contributed by atoms with Crippen LogP contribution in [0.1, 0.15) is 115 Å². The maximum absolute atomic E-state index is 13.8. The topological polar surface area (TPSA) is 87.7 Å². The molecule has 0 saturated heterocycles. The molecule has 2 N–H and O–H groups in total. The first-order valence-electron chi connectivity index (χ1n) is 14.2. The molecule has 1 aromatic carbocycles. The van der Waals surface area contributed by atoms with Gasteiger partial charge in [0.05, 0.1) is 0 Å². The lowest BCUT2D eigenvalue weighted by Gasteiger charge is -2.34. The van der Waals surface area contributed by atoms with E-state index in [2.05, 4.69) is 17.6 Å². The Morgan fingerprint density at radius 3 is 2.30 bits per heavy atom. The number of alkyl carbamates (subject to hydrolysis) is 1. The Balaban J connectivity index is 2.30. The zero-order valence-corrected chi connectivity index (χ0v) is 24.0. The highest BCUT2D eigenvalue weighted by atomic mass is 16.6. The van der Waals surface area contributed by atoms with Crippen LogP contribution in [0, 0.1) is 13.8 Å². The van der Waals surface area contributed by atoms with Crippen LogP contribution in [0.25, 0.3) is 0 Å². The van der Waals surface area contributed by atoms with E-state index in [1.807, 2.05) is 32.0 Å². The van der Waals surface area contributed by atoms with E-state index < -0.39 is 17.7 Å². The van der Waals surface area contributed by atoms with Gasteiger partial charge in [-0.2, -0.15) is 0 Å². The van der Waals surface area contributed by atoms with Crippen molar-refractivity contribution in [1.29, 1.82) is 0 Å². The van der Waals surface area contributed by atoms with Gasteiger partial charge in [-0.3, -0.25) is 9.59 Å². The summed E-state index contributed by atoms with van der Waals surface area (Å²) in [6, 6.07) is 5.36. The maximum atomic E-state index is 13.8. The van der Waals surface area contributed by atoms with Gasteiger partial charge in [-0.15, -0.1) is 0 Å². The van der Waals surface area contributed by atoms with Gasteiger partial charge in [-0.1, -0.05) is 70.1 Å². The van der Waals surface area contributed by atoms with Crippen molar-refractivity contribution in [2.24, 2.45) is 0 Å². The predicted octanol–water partition coefficient (Wildman–Crippen LogP) is 6.12. The van der Waals surface area contributed by atoms with Gasteiger partial charge in [0.25, 0.3) is 0 Å². The van der Waals surface area contributed by atoms with Crippen LogP contribution in [0.2, 0.25) is 0 Å². The molecule has 1 aromatic rings. The molecule has 2 rings (SSSR count). The van der Waals surface area contributed by atoms with E-state index in [1.165, 1.54) is 6.42 Å². The maximum Gasteiger partial charge on any atom is 0.408 e. The van der Waals surface area contributed by atoms with Crippen molar-refractivity contribution in [3.63, 3.8) is 0 Å². The molecule has 0 heterocycles. The zero-order valence-electron chi connectivity index (χ0n) is 24.0. The molecule has 1 saturated carbocycles. The van der Waals surface area contributed by atoms with E-state index in [0.29, 0.717) is 6.54 Å². The van der Waals surface area contributed by atoms with E-state index in [-0.39, 0.29) is 24.4 Å². The molecular weight excluding hydrogens is 466 g/mol. The molecule has 0 aliphatic heterocycles. The van der Waals surface area contributed by atoms with E-state index >= 15 is 0 Å². The summed E-state index contributed by atoms with van der Waals surface area (Å²) >= 11 is 0. The molecule has 208 valence electrons. The summed E-state index contributed by atoms with van der Waals surface area (Å²) in [5.74, 6) is -0.433. The molecule has 1 atom stereocenters. The molecule has 0 radical (unpaired) electrons. The van der Waals surface area contributed by atoms with Crippen LogP contribution in [0.3, 0.4) is 0 Å². The summed E-state index contributed by atoms with van der Waals surface area (Å²) < 4.78 is 5.32. The van der Waals surface area contributed by atoms with Gasteiger partial charge in [-0.05, 0) is 70.6 Å². The molecule has 1 fully saturated rings. The van der Waals surface area contributed by atoms with Crippen molar-refractivity contribution in [2.75, 3.05) is 13.1 Å². The van der Waals surface area contributed by atoms with Crippen molar-refractivity contribution in [1.82, 2.24) is 15.5 Å². The first kappa shape index (κ1) is 30.7. The smallest absolute Gasteiger partial charge is 0.408 e. The minimum Gasteiger partial charge on any atom is -0.444 e. The van der Waals surface area contributed by atoms with Crippen molar-refractivity contribution in [3.8, 4) is 0 Å². The quantitative estimate of drug-likeness (QED) is 0.328. The third kappa shape index (κ3) is 10.7. The van der Waals surface area contributed by atoms with Crippen molar-refractivity contribution in [3.05, 3.63) is 34.9 Å². The molecule has 0 aromatic heterocycles. The fourth-order valence-electron chi connectivity index (χ4n) is 4.78. The minimum atomic E-state index is -0.750. The van der Waals surface area contributed by atoms with Crippen molar-refractivity contribution in [2.45, 2.75) is 123 Å². The second-order valence-electron chi connectivity index (χ2n) is 11.4. The van der Waals surface area contributed by atoms with Gasteiger partial charge in [0.15, 0.2) is 0 Å². The Kier molecular flexibility index (Phi) is 12.4. The Morgan fingerprint density at radius 2 is 1.68 bits per heavy atom. The first-order valence-corrected chi connectivity index (χ1v) is 14.2. The molecule has 1 unspecified atom stereocenters. The van der Waals surface area contributed by atoms with Gasteiger partial charge < -0.3 is 20.3 Å². The standard InChI is InChI=1S/C30H49N3O4/c1-7-8-9-10-14-19-33(26(34)21-31-29(36)37-30(4,5)6)27(24-18-17-22(2)23(3)20-24)28(35)32-25-15-12-11-13-16-25/h17-18,20,25,27H,7-16,19,21H2,1-6H3,(H,31,36)(H,32,35). The van der Waals surface area contributed by atoms with Crippen LogP contribution in [-0.4, -0.2) is 47.5 Å². The van der Waals surface area contributed by atoms with E-state index in [1.54, 1.807) is 25.7 Å². The van der Waals surface area contributed by atoms with Crippen LogP contribution in [0.5, 0.6) is 0 Å². The van der Waals surface area contributed by atoms with E-state index in [9.17, 15) is 14.4 Å². The summed E-state index contributed by atoms with van der Waals surface area (Å²) in [5.41, 5.74) is 2.36. The molecule has 0 spiro atoms. The third-order valence-electron chi connectivity index (χ3n) is 6.96. The van der Waals surface area contributed by atoms with Crippen molar-refractivity contribution < 1.29 is 19.1 Å². The van der Waals surface area contributed by atoms with E-state index in [0.717, 1.165) is 74.5 Å². The number of carbonyl (C=O) groups excluding carboxylic acids is 3. The normalized spacial score (nSPS) is 15.1. The lowest BCUT2D eigenvalue weighted by molar-refractivity contribution is -0.140. The highest BCUT2D eigenvalue weighted by molar-refractivity contribution is 5.90. The summed E-state index contributed by atoms with van der Waals surface area (Å²) in [5, 5.41) is 5.84. The number of ether oxygens (including phenoxy) is 1. The van der Waals surface area contributed by atoms with Crippen molar-refractivity contribution >= 4 is 17.9 Å². The summed E-state index contributed by atoms with van der Waals surface area (Å²) in [4.78, 5) is 41.3. The molecule has 7 heteroatoms. The van der Waals surface area contributed by atoms with Crippen LogP contribution in [0.15, 0.2) is 18.2 Å². The molecule has 0 bridgehead atoms. The van der Waals surface area contributed by atoms with Gasteiger partial charge in [-0.25, -0.2) is 4.79 Å². The number of hydrogen-bond acceptors (Lipinski definition) is 4. The number of benzene rings is 1. The summed E-state index contributed by atoms with van der Waals surface area (Å²) in [7, 11) is 0. The predicted molar refractivity (Wildman–Crippen MR) is 148 cm³/mol. The number of carbonyl (C=O) groups is 3. The van der Waals surface area contributed by atoms with Gasteiger partial charge in [0.2, 0.25) is 11.8 Å². The molecule has 1 aliphatic rings. The van der Waals surface area contributed by atoms with Crippen LogP contribution >= 0.6 is 0 Å².